The number of aromatic nitrogens is 2. The van der Waals surface area contributed by atoms with Crippen LogP contribution in [0.25, 0.3) is 11.0 Å². The van der Waals surface area contributed by atoms with E-state index in [1.54, 1.807) is 0 Å². The van der Waals surface area contributed by atoms with Crippen LogP contribution in [0.4, 0.5) is 5.69 Å². The number of nitrogen functional groups attached to an aromatic ring is 1. The van der Waals surface area contributed by atoms with Crippen molar-refractivity contribution in [3.63, 3.8) is 0 Å². The molecule has 0 aliphatic rings. The third kappa shape index (κ3) is 2.02. The van der Waals surface area contributed by atoms with Crippen molar-refractivity contribution in [2.75, 3.05) is 26.4 Å². The smallest absolute Gasteiger partial charge is 0.0961 e. The molecule has 1 aromatic heterocycles. The highest BCUT2D eigenvalue weighted by atomic mass is 15.1. The van der Waals surface area contributed by atoms with E-state index in [0.29, 0.717) is 6.04 Å². The standard InChI is InChI=1S/C12H18N4/c1-9(7-15(2)3)16-8-14-11-6-10(13)4-5-12(11)16/h4-6,8-9H,7,13H2,1-3H3. The molecular weight excluding hydrogens is 200 g/mol. The highest BCUT2D eigenvalue weighted by Gasteiger charge is 2.09. The number of imidazole rings is 1. The highest BCUT2D eigenvalue weighted by molar-refractivity contribution is 5.79. The number of anilines is 1. The molecule has 2 rings (SSSR count). The van der Waals surface area contributed by atoms with Gasteiger partial charge in [-0.05, 0) is 39.2 Å². The predicted octanol–water partition coefficient (Wildman–Crippen LogP) is 1.74. The molecular formula is C12H18N4. The summed E-state index contributed by atoms with van der Waals surface area (Å²) < 4.78 is 2.19. The molecule has 1 aromatic carbocycles. The molecule has 1 unspecified atom stereocenters. The Morgan fingerprint density at radius 2 is 2.19 bits per heavy atom. The van der Waals surface area contributed by atoms with Crippen LogP contribution in [0.3, 0.4) is 0 Å². The van der Waals surface area contributed by atoms with Gasteiger partial charge in [0, 0.05) is 18.3 Å². The summed E-state index contributed by atoms with van der Waals surface area (Å²) in [5, 5.41) is 0. The first-order valence-electron chi connectivity index (χ1n) is 5.44. The van der Waals surface area contributed by atoms with Crippen molar-refractivity contribution in [3.8, 4) is 0 Å². The molecule has 4 nitrogen and oxygen atoms in total. The number of nitrogens with two attached hydrogens (primary N) is 1. The van der Waals surface area contributed by atoms with E-state index in [1.165, 1.54) is 0 Å². The third-order valence-corrected chi connectivity index (χ3v) is 2.70. The quantitative estimate of drug-likeness (QED) is 0.798. The summed E-state index contributed by atoms with van der Waals surface area (Å²) in [5.74, 6) is 0. The zero-order chi connectivity index (χ0) is 11.7. The second kappa shape index (κ2) is 4.14. The van der Waals surface area contributed by atoms with Crippen molar-refractivity contribution in [1.82, 2.24) is 14.5 Å². The summed E-state index contributed by atoms with van der Waals surface area (Å²) in [6, 6.07) is 6.27. The van der Waals surface area contributed by atoms with Crippen LogP contribution < -0.4 is 5.73 Å². The van der Waals surface area contributed by atoms with Crippen LogP contribution in [0.15, 0.2) is 24.5 Å². The zero-order valence-electron chi connectivity index (χ0n) is 10.0. The first-order valence-corrected chi connectivity index (χ1v) is 5.44. The number of fused-ring (bicyclic) bond motifs is 1. The molecule has 0 saturated heterocycles. The average Bonchev–Trinajstić information content (AvgIpc) is 2.59. The number of hydrogen-bond donors (Lipinski definition) is 1. The van der Waals surface area contributed by atoms with Crippen LogP contribution in [0.1, 0.15) is 13.0 Å². The maximum absolute atomic E-state index is 5.73. The number of hydrogen-bond acceptors (Lipinski definition) is 3. The first kappa shape index (κ1) is 11.0. The molecule has 0 fully saturated rings. The third-order valence-electron chi connectivity index (χ3n) is 2.70. The lowest BCUT2D eigenvalue weighted by molar-refractivity contribution is 0.340. The molecule has 0 saturated carbocycles. The van der Waals surface area contributed by atoms with Gasteiger partial charge in [0.1, 0.15) is 0 Å². The molecule has 0 aliphatic heterocycles. The van der Waals surface area contributed by atoms with Crippen LogP contribution in [0.2, 0.25) is 0 Å². The lowest BCUT2D eigenvalue weighted by atomic mass is 10.2. The Morgan fingerprint density at radius 3 is 2.88 bits per heavy atom. The minimum atomic E-state index is 0.406. The van der Waals surface area contributed by atoms with Gasteiger partial charge in [0.15, 0.2) is 0 Å². The molecule has 0 aliphatic carbocycles. The van der Waals surface area contributed by atoms with Crippen LogP contribution in [-0.4, -0.2) is 35.1 Å². The van der Waals surface area contributed by atoms with Gasteiger partial charge in [0.25, 0.3) is 0 Å². The van der Waals surface area contributed by atoms with Crippen LogP contribution in [0, 0.1) is 0 Å². The number of likely N-dealkylation sites (N-methyl/N-ethyl adjacent to an activating group) is 1. The van der Waals surface area contributed by atoms with E-state index in [2.05, 4.69) is 35.5 Å². The Bertz CT molecular complexity index is 487. The monoisotopic (exact) mass is 218 g/mol. The van der Waals surface area contributed by atoms with E-state index < -0.39 is 0 Å². The lowest BCUT2D eigenvalue weighted by Gasteiger charge is -2.18. The van der Waals surface area contributed by atoms with Gasteiger partial charge in [0.2, 0.25) is 0 Å². The molecule has 16 heavy (non-hydrogen) atoms. The summed E-state index contributed by atoms with van der Waals surface area (Å²) in [7, 11) is 4.15. The second-order valence-electron chi connectivity index (χ2n) is 4.51. The van der Waals surface area contributed by atoms with Crippen molar-refractivity contribution in [1.29, 1.82) is 0 Å². The van der Waals surface area contributed by atoms with E-state index in [0.717, 1.165) is 23.3 Å². The molecule has 2 aromatic rings. The lowest BCUT2D eigenvalue weighted by Crippen LogP contribution is -2.22. The number of rotatable bonds is 3. The van der Waals surface area contributed by atoms with Crippen molar-refractivity contribution in [2.24, 2.45) is 0 Å². The summed E-state index contributed by atoms with van der Waals surface area (Å²) in [6.45, 7) is 3.19. The van der Waals surface area contributed by atoms with Gasteiger partial charge in [-0.3, -0.25) is 0 Å². The maximum Gasteiger partial charge on any atom is 0.0961 e. The first-order chi connectivity index (χ1) is 7.58. The Kier molecular flexibility index (Phi) is 2.83. The van der Waals surface area contributed by atoms with Gasteiger partial charge in [0.05, 0.1) is 17.4 Å². The average molecular weight is 218 g/mol. The molecule has 86 valence electrons. The van der Waals surface area contributed by atoms with Gasteiger partial charge in [-0.25, -0.2) is 4.98 Å². The van der Waals surface area contributed by atoms with Gasteiger partial charge >= 0.3 is 0 Å². The SMILES string of the molecule is CC(CN(C)C)n1cnc2cc(N)ccc21. The van der Waals surface area contributed by atoms with Crippen LogP contribution in [0.5, 0.6) is 0 Å². The van der Waals surface area contributed by atoms with Crippen molar-refractivity contribution in [2.45, 2.75) is 13.0 Å². The molecule has 1 atom stereocenters. The Morgan fingerprint density at radius 1 is 1.44 bits per heavy atom. The molecule has 2 N–H and O–H groups in total. The van der Waals surface area contributed by atoms with E-state index >= 15 is 0 Å². The van der Waals surface area contributed by atoms with Crippen molar-refractivity contribution >= 4 is 16.7 Å². The minimum absolute atomic E-state index is 0.406. The Balaban J connectivity index is 2.38. The summed E-state index contributed by atoms with van der Waals surface area (Å²) in [6.07, 6.45) is 1.89. The second-order valence-corrected chi connectivity index (χ2v) is 4.51. The van der Waals surface area contributed by atoms with Gasteiger partial charge in [-0.15, -0.1) is 0 Å². The maximum atomic E-state index is 5.73. The van der Waals surface area contributed by atoms with Crippen molar-refractivity contribution in [3.05, 3.63) is 24.5 Å². The zero-order valence-corrected chi connectivity index (χ0v) is 10.0. The molecule has 1 heterocycles. The normalized spacial score (nSPS) is 13.5. The number of benzene rings is 1. The Labute approximate surface area is 95.7 Å². The van der Waals surface area contributed by atoms with Gasteiger partial charge < -0.3 is 15.2 Å². The molecule has 0 amide bonds. The molecule has 0 spiro atoms. The van der Waals surface area contributed by atoms with Crippen molar-refractivity contribution < 1.29 is 0 Å². The fraction of sp³-hybridized carbons (Fsp3) is 0.417. The van der Waals surface area contributed by atoms with Gasteiger partial charge in [-0.2, -0.15) is 0 Å². The van der Waals surface area contributed by atoms with Crippen LogP contribution in [-0.2, 0) is 0 Å². The minimum Gasteiger partial charge on any atom is -0.399 e. The fourth-order valence-corrected chi connectivity index (χ4v) is 2.02. The highest BCUT2D eigenvalue weighted by Crippen LogP contribution is 2.20. The van der Waals surface area contributed by atoms with E-state index in [1.807, 2.05) is 24.5 Å². The van der Waals surface area contributed by atoms with E-state index in [9.17, 15) is 0 Å². The Hall–Kier alpha value is -1.55. The largest absolute Gasteiger partial charge is 0.399 e. The topological polar surface area (TPSA) is 47.1 Å². The summed E-state index contributed by atoms with van der Waals surface area (Å²) in [4.78, 5) is 6.55. The van der Waals surface area contributed by atoms with E-state index in [-0.39, 0.29) is 0 Å². The molecule has 0 radical (unpaired) electrons. The van der Waals surface area contributed by atoms with E-state index in [4.69, 9.17) is 5.73 Å². The predicted molar refractivity (Wildman–Crippen MR) is 67.4 cm³/mol. The number of nitrogens with zero attached hydrogens (tertiary/aromatic N) is 3. The molecule has 4 heteroatoms. The summed E-state index contributed by atoms with van der Waals surface area (Å²) >= 11 is 0. The fourth-order valence-electron chi connectivity index (χ4n) is 2.02. The van der Waals surface area contributed by atoms with Gasteiger partial charge in [-0.1, -0.05) is 0 Å². The van der Waals surface area contributed by atoms with Crippen LogP contribution >= 0.6 is 0 Å². The summed E-state index contributed by atoms with van der Waals surface area (Å²) in [5.41, 5.74) is 8.60. The molecule has 0 bridgehead atoms.